The Kier molecular flexibility index (Phi) is 5.38. The molecule has 5 rings (SSSR count). The zero-order valence-electron chi connectivity index (χ0n) is 18.0. The molecular weight excluding hydrogens is 441 g/mol. The standard InChI is InChI=1S/C22H18FN9O2/c1-13(33)34-11-14-2-4-15(5-3-14)32-21-17(29-22(32)19-20(24)26-9-8-25-19)7-6-16(28-21)18-10-27-31(12-23)30-18/h2-10H,11-12H2,1H3,(H2,24,26). The summed E-state index contributed by atoms with van der Waals surface area (Å²) in [5, 5.41) is 7.96. The zero-order chi connectivity index (χ0) is 23.7. The lowest BCUT2D eigenvalue weighted by Gasteiger charge is -2.11. The van der Waals surface area contributed by atoms with Crippen LogP contribution in [-0.4, -0.2) is 45.5 Å². The van der Waals surface area contributed by atoms with Gasteiger partial charge in [0.1, 0.15) is 23.5 Å². The van der Waals surface area contributed by atoms with Crippen molar-refractivity contribution in [2.24, 2.45) is 0 Å². The monoisotopic (exact) mass is 459 g/mol. The molecule has 0 unspecified atom stereocenters. The highest BCUT2D eigenvalue weighted by Gasteiger charge is 2.20. The van der Waals surface area contributed by atoms with Crippen LogP contribution in [0.1, 0.15) is 12.5 Å². The molecule has 0 bridgehead atoms. The number of alkyl halides is 1. The Morgan fingerprint density at radius 1 is 1.06 bits per heavy atom. The number of carbonyl (C=O) groups is 1. The number of anilines is 1. The SMILES string of the molecule is CC(=O)OCc1ccc(-n2c(-c3nccnc3N)nc3ccc(-c4cnn(CF)n4)nc32)cc1. The number of ether oxygens (including phenoxy) is 1. The number of fused-ring (bicyclic) bond motifs is 1. The number of nitrogens with two attached hydrogens (primary N) is 1. The maximum Gasteiger partial charge on any atom is 0.302 e. The molecule has 4 heterocycles. The fourth-order valence-electron chi connectivity index (χ4n) is 3.42. The van der Waals surface area contributed by atoms with E-state index in [1.807, 2.05) is 24.3 Å². The van der Waals surface area contributed by atoms with E-state index in [0.717, 1.165) is 16.0 Å². The number of nitrogen functional groups attached to an aromatic ring is 1. The second kappa shape index (κ2) is 8.65. The first-order valence-electron chi connectivity index (χ1n) is 10.2. The van der Waals surface area contributed by atoms with Crippen LogP contribution in [0, 0.1) is 0 Å². The molecule has 2 N–H and O–H groups in total. The summed E-state index contributed by atoms with van der Waals surface area (Å²) in [7, 11) is 0. The molecule has 0 aliphatic carbocycles. The molecule has 0 aliphatic rings. The van der Waals surface area contributed by atoms with Crippen LogP contribution in [0.2, 0.25) is 0 Å². The number of nitrogens with zero attached hydrogens (tertiary/aromatic N) is 8. The van der Waals surface area contributed by atoms with Gasteiger partial charge in [0, 0.05) is 25.0 Å². The smallest absolute Gasteiger partial charge is 0.302 e. The van der Waals surface area contributed by atoms with Crippen molar-refractivity contribution in [1.29, 1.82) is 0 Å². The van der Waals surface area contributed by atoms with Gasteiger partial charge in [0.25, 0.3) is 0 Å². The van der Waals surface area contributed by atoms with E-state index in [-0.39, 0.29) is 18.4 Å². The summed E-state index contributed by atoms with van der Waals surface area (Å²) >= 11 is 0. The number of hydrogen-bond acceptors (Lipinski definition) is 9. The highest BCUT2D eigenvalue weighted by atomic mass is 19.1. The number of carbonyl (C=O) groups excluding carboxylic acids is 1. The van der Waals surface area contributed by atoms with Crippen LogP contribution in [0.5, 0.6) is 0 Å². The zero-order valence-corrected chi connectivity index (χ0v) is 18.0. The van der Waals surface area contributed by atoms with Gasteiger partial charge >= 0.3 is 5.97 Å². The Morgan fingerprint density at radius 3 is 2.56 bits per heavy atom. The quantitative estimate of drug-likeness (QED) is 0.380. The first-order valence-corrected chi connectivity index (χ1v) is 10.2. The molecule has 170 valence electrons. The summed E-state index contributed by atoms with van der Waals surface area (Å²) in [6.45, 7) is 0.686. The van der Waals surface area contributed by atoms with Crippen molar-refractivity contribution in [3.63, 3.8) is 0 Å². The van der Waals surface area contributed by atoms with E-state index in [1.54, 1.807) is 16.7 Å². The predicted octanol–water partition coefficient (Wildman–Crippen LogP) is 2.71. The number of pyridine rings is 1. The average Bonchev–Trinajstić information content (AvgIpc) is 3.48. The van der Waals surface area contributed by atoms with Crippen molar-refractivity contribution in [1.82, 2.24) is 39.5 Å². The van der Waals surface area contributed by atoms with E-state index in [0.29, 0.717) is 34.1 Å². The third-order valence-corrected chi connectivity index (χ3v) is 4.99. The third-order valence-electron chi connectivity index (χ3n) is 4.99. The molecule has 1 aromatic carbocycles. The molecular formula is C22H18FN9O2. The van der Waals surface area contributed by atoms with E-state index in [1.165, 1.54) is 25.5 Å². The number of halogens is 1. The van der Waals surface area contributed by atoms with Crippen molar-refractivity contribution in [3.05, 3.63) is 60.6 Å². The Balaban J connectivity index is 1.67. The fraction of sp³-hybridized carbons (Fsp3) is 0.136. The van der Waals surface area contributed by atoms with Gasteiger partial charge in [-0.05, 0) is 29.8 Å². The largest absolute Gasteiger partial charge is 0.461 e. The molecule has 11 nitrogen and oxygen atoms in total. The number of imidazole rings is 1. The minimum atomic E-state index is -0.837. The van der Waals surface area contributed by atoms with Gasteiger partial charge in [-0.15, -0.1) is 5.10 Å². The summed E-state index contributed by atoms with van der Waals surface area (Å²) in [4.78, 5) is 30.0. The number of esters is 1. The van der Waals surface area contributed by atoms with Crippen molar-refractivity contribution < 1.29 is 13.9 Å². The van der Waals surface area contributed by atoms with Crippen LogP contribution < -0.4 is 5.73 Å². The number of aromatic nitrogens is 8. The molecule has 4 aromatic heterocycles. The van der Waals surface area contributed by atoms with E-state index in [2.05, 4.69) is 20.2 Å². The van der Waals surface area contributed by atoms with Gasteiger partial charge in [0.2, 0.25) is 6.80 Å². The Hall–Kier alpha value is -4.74. The molecule has 5 aromatic rings. The highest BCUT2D eigenvalue weighted by molar-refractivity contribution is 5.83. The molecule has 0 fully saturated rings. The van der Waals surface area contributed by atoms with Crippen LogP contribution in [-0.2, 0) is 22.9 Å². The number of hydrogen-bond donors (Lipinski definition) is 1. The number of rotatable bonds is 6. The Bertz CT molecular complexity index is 1490. The summed E-state index contributed by atoms with van der Waals surface area (Å²) in [5.74, 6) is 0.313. The summed E-state index contributed by atoms with van der Waals surface area (Å²) in [5.41, 5.74) is 10.1. The van der Waals surface area contributed by atoms with E-state index in [9.17, 15) is 9.18 Å². The van der Waals surface area contributed by atoms with Crippen LogP contribution >= 0.6 is 0 Å². The van der Waals surface area contributed by atoms with Crippen LogP contribution in [0.3, 0.4) is 0 Å². The van der Waals surface area contributed by atoms with Gasteiger partial charge in [-0.1, -0.05) is 12.1 Å². The Labute approximate surface area is 192 Å². The van der Waals surface area contributed by atoms with Gasteiger partial charge in [-0.2, -0.15) is 9.90 Å². The molecule has 0 amide bonds. The second-order valence-electron chi connectivity index (χ2n) is 7.27. The normalized spacial score (nSPS) is 11.1. The second-order valence-corrected chi connectivity index (χ2v) is 7.27. The molecule has 0 radical (unpaired) electrons. The molecule has 0 saturated carbocycles. The molecule has 0 spiro atoms. The van der Waals surface area contributed by atoms with E-state index < -0.39 is 6.80 Å². The molecule has 12 heteroatoms. The van der Waals surface area contributed by atoms with Gasteiger partial charge in [0.05, 0.1) is 11.9 Å². The lowest BCUT2D eigenvalue weighted by molar-refractivity contribution is -0.142. The first kappa shape index (κ1) is 21.1. The maximum absolute atomic E-state index is 12.9. The molecule has 0 aliphatic heterocycles. The number of benzene rings is 1. The summed E-state index contributed by atoms with van der Waals surface area (Å²) in [6, 6.07) is 10.9. The molecule has 0 atom stereocenters. The highest BCUT2D eigenvalue weighted by Crippen LogP contribution is 2.30. The molecule has 0 saturated heterocycles. The minimum Gasteiger partial charge on any atom is -0.461 e. The van der Waals surface area contributed by atoms with Gasteiger partial charge in [-0.3, -0.25) is 9.36 Å². The lowest BCUT2D eigenvalue weighted by Crippen LogP contribution is -2.04. The van der Waals surface area contributed by atoms with E-state index >= 15 is 0 Å². The predicted molar refractivity (Wildman–Crippen MR) is 120 cm³/mol. The Morgan fingerprint density at radius 2 is 1.85 bits per heavy atom. The maximum atomic E-state index is 12.9. The lowest BCUT2D eigenvalue weighted by atomic mass is 10.2. The van der Waals surface area contributed by atoms with Crippen molar-refractivity contribution in [3.8, 4) is 28.6 Å². The van der Waals surface area contributed by atoms with Crippen LogP contribution in [0.25, 0.3) is 39.8 Å². The van der Waals surface area contributed by atoms with Crippen molar-refractivity contribution >= 4 is 23.0 Å². The van der Waals surface area contributed by atoms with Gasteiger partial charge in [-0.25, -0.2) is 24.3 Å². The van der Waals surface area contributed by atoms with Crippen molar-refractivity contribution in [2.75, 3.05) is 5.73 Å². The van der Waals surface area contributed by atoms with Crippen LogP contribution in [0.15, 0.2) is 55.0 Å². The first-order chi connectivity index (χ1) is 16.5. The topological polar surface area (TPSA) is 140 Å². The minimum absolute atomic E-state index is 0.164. The third kappa shape index (κ3) is 3.92. The van der Waals surface area contributed by atoms with E-state index in [4.69, 9.17) is 20.4 Å². The van der Waals surface area contributed by atoms with Crippen molar-refractivity contribution in [2.45, 2.75) is 20.3 Å². The fourth-order valence-corrected chi connectivity index (χ4v) is 3.42. The summed E-state index contributed by atoms with van der Waals surface area (Å²) in [6.07, 6.45) is 4.48. The van der Waals surface area contributed by atoms with Gasteiger partial charge < -0.3 is 10.5 Å². The average molecular weight is 459 g/mol. The summed E-state index contributed by atoms with van der Waals surface area (Å²) < 4.78 is 19.8. The molecule has 34 heavy (non-hydrogen) atoms. The van der Waals surface area contributed by atoms with Crippen LogP contribution in [0.4, 0.5) is 10.2 Å². The van der Waals surface area contributed by atoms with Gasteiger partial charge in [0.15, 0.2) is 17.3 Å².